The molecule has 1 saturated heterocycles. The molecular formula is C13H16BrFO. The Bertz CT molecular complexity index is 319. The Morgan fingerprint density at radius 2 is 2.12 bits per heavy atom. The first-order chi connectivity index (χ1) is 7.75. The molecule has 0 amide bonds. The number of alkyl halides is 1. The molecule has 88 valence electrons. The van der Waals surface area contributed by atoms with Gasteiger partial charge in [0.1, 0.15) is 5.82 Å². The van der Waals surface area contributed by atoms with Crippen LogP contribution in [0.15, 0.2) is 24.3 Å². The van der Waals surface area contributed by atoms with Gasteiger partial charge in [-0.2, -0.15) is 0 Å². The zero-order chi connectivity index (χ0) is 11.4. The van der Waals surface area contributed by atoms with Crippen LogP contribution in [0.2, 0.25) is 0 Å². The molecule has 0 bridgehead atoms. The van der Waals surface area contributed by atoms with E-state index in [9.17, 15) is 4.39 Å². The summed E-state index contributed by atoms with van der Waals surface area (Å²) in [6.07, 6.45) is 4.92. The molecule has 0 spiro atoms. The highest BCUT2D eigenvalue weighted by molar-refractivity contribution is 9.09. The number of ether oxygens (including phenoxy) is 1. The molecule has 0 aliphatic carbocycles. The molecule has 2 rings (SSSR count). The van der Waals surface area contributed by atoms with Crippen molar-refractivity contribution in [1.82, 2.24) is 0 Å². The third-order valence-electron chi connectivity index (χ3n) is 3.00. The SMILES string of the molecule is Fc1ccc(C(Br)CCC2CCCO2)cc1. The van der Waals surface area contributed by atoms with E-state index in [0.717, 1.165) is 25.0 Å². The predicted octanol–water partition coefficient (Wildman–Crippen LogP) is 4.22. The van der Waals surface area contributed by atoms with Gasteiger partial charge in [0, 0.05) is 11.4 Å². The topological polar surface area (TPSA) is 9.23 Å². The van der Waals surface area contributed by atoms with Crippen LogP contribution in [0.3, 0.4) is 0 Å². The lowest BCUT2D eigenvalue weighted by Gasteiger charge is -2.13. The Labute approximate surface area is 104 Å². The van der Waals surface area contributed by atoms with E-state index in [0.29, 0.717) is 10.9 Å². The average Bonchev–Trinajstić information content (AvgIpc) is 2.80. The summed E-state index contributed by atoms with van der Waals surface area (Å²) >= 11 is 3.64. The maximum atomic E-state index is 12.7. The summed E-state index contributed by atoms with van der Waals surface area (Å²) in [5.74, 6) is -0.178. The van der Waals surface area contributed by atoms with Gasteiger partial charge >= 0.3 is 0 Å². The lowest BCUT2D eigenvalue weighted by atomic mass is 10.0. The Morgan fingerprint density at radius 1 is 1.38 bits per heavy atom. The van der Waals surface area contributed by atoms with Crippen molar-refractivity contribution in [3.8, 4) is 0 Å². The van der Waals surface area contributed by atoms with Gasteiger partial charge in [-0.3, -0.25) is 0 Å². The summed E-state index contributed by atoms with van der Waals surface area (Å²) in [5.41, 5.74) is 1.14. The number of benzene rings is 1. The molecule has 0 radical (unpaired) electrons. The quantitative estimate of drug-likeness (QED) is 0.753. The van der Waals surface area contributed by atoms with Crippen molar-refractivity contribution in [2.24, 2.45) is 0 Å². The third kappa shape index (κ3) is 3.29. The van der Waals surface area contributed by atoms with Crippen LogP contribution in [-0.2, 0) is 4.74 Å². The fourth-order valence-corrected chi connectivity index (χ4v) is 2.61. The van der Waals surface area contributed by atoms with E-state index in [-0.39, 0.29) is 5.82 Å². The second-order valence-corrected chi connectivity index (χ2v) is 5.34. The molecule has 1 aliphatic rings. The van der Waals surface area contributed by atoms with Gasteiger partial charge in [-0.25, -0.2) is 4.39 Å². The van der Waals surface area contributed by atoms with Crippen molar-refractivity contribution >= 4 is 15.9 Å². The number of hydrogen-bond donors (Lipinski definition) is 0. The zero-order valence-electron chi connectivity index (χ0n) is 9.16. The molecule has 0 N–H and O–H groups in total. The van der Waals surface area contributed by atoms with Crippen molar-refractivity contribution in [3.63, 3.8) is 0 Å². The van der Waals surface area contributed by atoms with E-state index in [1.165, 1.54) is 25.0 Å². The smallest absolute Gasteiger partial charge is 0.123 e. The number of hydrogen-bond acceptors (Lipinski definition) is 1. The molecule has 1 aliphatic heterocycles. The molecule has 3 heteroatoms. The van der Waals surface area contributed by atoms with Gasteiger partial charge in [0.2, 0.25) is 0 Å². The van der Waals surface area contributed by atoms with Crippen LogP contribution in [0.4, 0.5) is 4.39 Å². The van der Waals surface area contributed by atoms with Crippen molar-refractivity contribution in [3.05, 3.63) is 35.6 Å². The molecule has 16 heavy (non-hydrogen) atoms. The highest BCUT2D eigenvalue weighted by Crippen LogP contribution is 2.30. The first-order valence-corrected chi connectivity index (χ1v) is 6.68. The Balaban J connectivity index is 1.82. The molecule has 0 aromatic heterocycles. The minimum absolute atomic E-state index is 0.178. The molecule has 1 aromatic carbocycles. The van der Waals surface area contributed by atoms with Gasteiger partial charge in [-0.05, 0) is 43.4 Å². The van der Waals surface area contributed by atoms with Crippen LogP contribution in [0.1, 0.15) is 36.1 Å². The van der Waals surface area contributed by atoms with E-state index < -0.39 is 0 Å². The van der Waals surface area contributed by atoms with E-state index in [4.69, 9.17) is 4.74 Å². The second kappa shape index (κ2) is 5.78. The van der Waals surface area contributed by atoms with Gasteiger partial charge in [0.15, 0.2) is 0 Å². The summed E-state index contributed by atoms with van der Waals surface area (Å²) in [4.78, 5) is 0.303. The van der Waals surface area contributed by atoms with Crippen LogP contribution in [0.5, 0.6) is 0 Å². The van der Waals surface area contributed by atoms with Crippen molar-refractivity contribution < 1.29 is 9.13 Å². The minimum atomic E-state index is -0.178. The maximum Gasteiger partial charge on any atom is 0.123 e. The molecule has 1 aromatic rings. The van der Waals surface area contributed by atoms with Gasteiger partial charge in [-0.15, -0.1) is 0 Å². The van der Waals surface area contributed by atoms with Crippen LogP contribution < -0.4 is 0 Å². The summed E-state index contributed by atoms with van der Waals surface area (Å²) < 4.78 is 18.3. The second-order valence-electron chi connectivity index (χ2n) is 4.23. The van der Waals surface area contributed by atoms with Crippen molar-refractivity contribution in [1.29, 1.82) is 0 Å². The predicted molar refractivity (Wildman–Crippen MR) is 66.3 cm³/mol. The summed E-state index contributed by atoms with van der Waals surface area (Å²) in [6.45, 7) is 0.911. The molecule has 1 fully saturated rings. The Morgan fingerprint density at radius 3 is 2.75 bits per heavy atom. The van der Waals surface area contributed by atoms with E-state index in [1.54, 1.807) is 0 Å². The standard InChI is InChI=1S/C13H16BrFO/c14-13(8-7-12-2-1-9-16-12)10-3-5-11(15)6-4-10/h3-6,12-13H,1-2,7-9H2. The van der Waals surface area contributed by atoms with Crippen LogP contribution >= 0.6 is 15.9 Å². The fourth-order valence-electron chi connectivity index (χ4n) is 2.04. The number of rotatable bonds is 4. The van der Waals surface area contributed by atoms with Gasteiger partial charge < -0.3 is 4.74 Å². The fraction of sp³-hybridized carbons (Fsp3) is 0.538. The van der Waals surface area contributed by atoms with Crippen LogP contribution in [0.25, 0.3) is 0 Å². The monoisotopic (exact) mass is 286 g/mol. The summed E-state index contributed by atoms with van der Waals surface area (Å²) in [5, 5.41) is 0. The molecule has 1 nitrogen and oxygen atoms in total. The van der Waals surface area contributed by atoms with Crippen LogP contribution in [-0.4, -0.2) is 12.7 Å². The molecule has 0 saturated carbocycles. The Hall–Kier alpha value is -0.410. The Kier molecular flexibility index (Phi) is 4.36. The highest BCUT2D eigenvalue weighted by Gasteiger charge is 2.17. The van der Waals surface area contributed by atoms with E-state index >= 15 is 0 Å². The normalized spacial score (nSPS) is 22.2. The van der Waals surface area contributed by atoms with E-state index in [1.807, 2.05) is 12.1 Å². The molecule has 1 heterocycles. The highest BCUT2D eigenvalue weighted by atomic mass is 79.9. The first-order valence-electron chi connectivity index (χ1n) is 5.77. The number of halogens is 2. The summed E-state index contributed by atoms with van der Waals surface area (Å²) in [7, 11) is 0. The third-order valence-corrected chi connectivity index (χ3v) is 3.98. The molecule has 2 atom stereocenters. The van der Waals surface area contributed by atoms with Gasteiger partial charge in [0.05, 0.1) is 6.10 Å². The lowest BCUT2D eigenvalue weighted by Crippen LogP contribution is -2.05. The first kappa shape index (κ1) is 12.1. The molecular weight excluding hydrogens is 271 g/mol. The van der Waals surface area contributed by atoms with Gasteiger partial charge in [0.25, 0.3) is 0 Å². The van der Waals surface area contributed by atoms with Crippen molar-refractivity contribution in [2.45, 2.75) is 36.6 Å². The minimum Gasteiger partial charge on any atom is -0.378 e. The maximum absolute atomic E-state index is 12.7. The molecule has 2 unspecified atom stereocenters. The van der Waals surface area contributed by atoms with Crippen LogP contribution in [0, 0.1) is 5.82 Å². The largest absolute Gasteiger partial charge is 0.378 e. The average molecular weight is 287 g/mol. The van der Waals surface area contributed by atoms with Crippen molar-refractivity contribution in [2.75, 3.05) is 6.61 Å². The van der Waals surface area contributed by atoms with Gasteiger partial charge in [-0.1, -0.05) is 28.1 Å². The summed E-state index contributed by atoms with van der Waals surface area (Å²) in [6, 6.07) is 6.69. The lowest BCUT2D eigenvalue weighted by molar-refractivity contribution is 0.102. The van der Waals surface area contributed by atoms with E-state index in [2.05, 4.69) is 15.9 Å². The zero-order valence-corrected chi connectivity index (χ0v) is 10.7.